The lowest BCUT2D eigenvalue weighted by atomic mass is 10.2. The zero-order chi connectivity index (χ0) is 18.9. The van der Waals surface area contributed by atoms with Crippen LogP contribution in [0.2, 0.25) is 0 Å². The summed E-state index contributed by atoms with van der Waals surface area (Å²) in [4.78, 5) is 23.0. The van der Waals surface area contributed by atoms with E-state index in [0.29, 0.717) is 6.42 Å². The average molecular weight is 346 g/mol. The van der Waals surface area contributed by atoms with Crippen LogP contribution in [0, 0.1) is 5.92 Å². The first-order chi connectivity index (χ1) is 12.0. The SMILES string of the molecule is CC/C=C\C=CC=CC=CC=CCCC(=O)OC(C)OC(=O)C(C)C. The molecule has 1 unspecified atom stereocenters. The first-order valence-electron chi connectivity index (χ1n) is 8.69. The van der Waals surface area contributed by atoms with Crippen molar-refractivity contribution in [1.82, 2.24) is 0 Å². The number of ether oxygens (including phenoxy) is 2. The van der Waals surface area contributed by atoms with Gasteiger partial charge >= 0.3 is 11.9 Å². The predicted molar refractivity (Wildman–Crippen MR) is 102 cm³/mol. The number of hydrogen-bond acceptors (Lipinski definition) is 4. The summed E-state index contributed by atoms with van der Waals surface area (Å²) in [5, 5.41) is 0. The molecule has 25 heavy (non-hydrogen) atoms. The average Bonchev–Trinajstić information content (AvgIpc) is 2.55. The van der Waals surface area contributed by atoms with E-state index in [1.165, 1.54) is 6.92 Å². The Hall–Kier alpha value is -2.36. The Morgan fingerprint density at radius 1 is 0.800 bits per heavy atom. The van der Waals surface area contributed by atoms with Gasteiger partial charge in [-0.1, -0.05) is 81.5 Å². The van der Waals surface area contributed by atoms with Crippen molar-refractivity contribution in [3.05, 3.63) is 60.8 Å². The van der Waals surface area contributed by atoms with Crippen molar-refractivity contribution in [2.24, 2.45) is 5.92 Å². The summed E-state index contributed by atoms with van der Waals surface area (Å²) in [5.74, 6) is -1.01. The minimum Gasteiger partial charge on any atom is -0.425 e. The van der Waals surface area contributed by atoms with Crippen LogP contribution < -0.4 is 0 Å². The van der Waals surface area contributed by atoms with Crippen molar-refractivity contribution in [3.63, 3.8) is 0 Å². The molecular formula is C21H30O4. The Balaban J connectivity index is 3.89. The van der Waals surface area contributed by atoms with Gasteiger partial charge in [0.15, 0.2) is 0 Å². The first kappa shape index (κ1) is 22.6. The molecule has 4 nitrogen and oxygen atoms in total. The monoisotopic (exact) mass is 346 g/mol. The van der Waals surface area contributed by atoms with E-state index in [9.17, 15) is 9.59 Å². The molecule has 138 valence electrons. The maximum absolute atomic E-state index is 11.6. The standard InChI is InChI=1S/C21H30O4/c1-5-6-7-8-9-10-11-12-13-14-15-16-17-20(22)24-19(4)25-21(23)18(2)3/h6-15,18-19H,5,16-17H2,1-4H3/b7-6-,9-8?,11-10?,13-12?,15-14?. The Morgan fingerprint density at radius 2 is 1.32 bits per heavy atom. The number of hydrogen-bond donors (Lipinski definition) is 0. The smallest absolute Gasteiger partial charge is 0.311 e. The highest BCUT2D eigenvalue weighted by molar-refractivity contribution is 5.72. The van der Waals surface area contributed by atoms with Crippen LogP contribution in [0.15, 0.2) is 60.8 Å². The highest BCUT2D eigenvalue weighted by Gasteiger charge is 2.15. The number of allylic oxidation sites excluding steroid dienone is 10. The minimum absolute atomic E-state index is 0.242. The van der Waals surface area contributed by atoms with E-state index in [0.717, 1.165) is 6.42 Å². The fourth-order valence-corrected chi connectivity index (χ4v) is 1.54. The molecule has 4 heteroatoms. The molecule has 1 atom stereocenters. The highest BCUT2D eigenvalue weighted by Crippen LogP contribution is 2.04. The van der Waals surface area contributed by atoms with Gasteiger partial charge in [0.05, 0.1) is 5.92 Å². The quantitative estimate of drug-likeness (QED) is 0.298. The van der Waals surface area contributed by atoms with Crippen LogP contribution in [0.4, 0.5) is 0 Å². The van der Waals surface area contributed by atoms with Crippen LogP contribution in [-0.2, 0) is 19.1 Å². The maximum Gasteiger partial charge on any atom is 0.311 e. The third-order valence-corrected chi connectivity index (χ3v) is 2.85. The lowest BCUT2D eigenvalue weighted by Crippen LogP contribution is -2.24. The van der Waals surface area contributed by atoms with E-state index >= 15 is 0 Å². The number of carbonyl (C=O) groups is 2. The molecule has 0 heterocycles. The Bertz CT molecular complexity index is 522. The van der Waals surface area contributed by atoms with Crippen LogP contribution in [-0.4, -0.2) is 18.2 Å². The summed E-state index contributed by atoms with van der Waals surface area (Å²) in [6.07, 6.45) is 20.5. The molecule has 0 aromatic heterocycles. The van der Waals surface area contributed by atoms with Gasteiger partial charge in [-0.3, -0.25) is 9.59 Å². The third kappa shape index (κ3) is 14.9. The first-order valence-corrected chi connectivity index (χ1v) is 8.69. The summed E-state index contributed by atoms with van der Waals surface area (Å²) in [6.45, 7) is 7.08. The van der Waals surface area contributed by atoms with E-state index in [4.69, 9.17) is 9.47 Å². The fourth-order valence-electron chi connectivity index (χ4n) is 1.54. The molecule has 0 radical (unpaired) electrons. The lowest BCUT2D eigenvalue weighted by molar-refractivity contribution is -0.186. The molecule has 0 fully saturated rings. The zero-order valence-corrected chi connectivity index (χ0v) is 15.7. The van der Waals surface area contributed by atoms with E-state index in [-0.39, 0.29) is 24.3 Å². The third-order valence-electron chi connectivity index (χ3n) is 2.85. The molecule has 0 amide bonds. The summed E-state index contributed by atoms with van der Waals surface area (Å²) >= 11 is 0. The molecule has 0 rings (SSSR count). The minimum atomic E-state index is -0.850. The van der Waals surface area contributed by atoms with E-state index in [1.54, 1.807) is 13.8 Å². The molecule has 0 N–H and O–H groups in total. The van der Waals surface area contributed by atoms with E-state index in [1.807, 2.05) is 54.7 Å². The Morgan fingerprint density at radius 3 is 1.84 bits per heavy atom. The van der Waals surface area contributed by atoms with Gasteiger partial charge in [0.25, 0.3) is 0 Å². The van der Waals surface area contributed by atoms with Gasteiger partial charge in [-0.15, -0.1) is 0 Å². The van der Waals surface area contributed by atoms with Crippen molar-refractivity contribution in [2.45, 2.75) is 53.2 Å². The van der Waals surface area contributed by atoms with Crippen LogP contribution in [0.5, 0.6) is 0 Å². The van der Waals surface area contributed by atoms with Crippen molar-refractivity contribution in [3.8, 4) is 0 Å². The molecule has 0 saturated carbocycles. The van der Waals surface area contributed by atoms with E-state index < -0.39 is 6.29 Å². The summed E-state index contributed by atoms with van der Waals surface area (Å²) in [6, 6.07) is 0. The second-order valence-corrected chi connectivity index (χ2v) is 5.61. The molecule has 0 aliphatic heterocycles. The van der Waals surface area contributed by atoms with Crippen molar-refractivity contribution in [1.29, 1.82) is 0 Å². The van der Waals surface area contributed by atoms with E-state index in [2.05, 4.69) is 13.0 Å². The van der Waals surface area contributed by atoms with Crippen molar-refractivity contribution < 1.29 is 19.1 Å². The van der Waals surface area contributed by atoms with Gasteiger partial charge in [-0.25, -0.2) is 0 Å². The van der Waals surface area contributed by atoms with Crippen LogP contribution in [0.1, 0.15) is 47.0 Å². The normalized spacial score (nSPS) is 13.8. The Kier molecular flexibility index (Phi) is 13.8. The number of esters is 2. The molecule has 0 aliphatic rings. The van der Waals surface area contributed by atoms with Gasteiger partial charge in [-0.05, 0) is 12.8 Å². The lowest BCUT2D eigenvalue weighted by Gasteiger charge is -2.15. The topological polar surface area (TPSA) is 52.6 Å². The predicted octanol–water partition coefficient (Wildman–Crippen LogP) is 5.05. The molecule has 0 bridgehead atoms. The van der Waals surface area contributed by atoms with Gasteiger partial charge in [-0.2, -0.15) is 0 Å². The summed E-state index contributed by atoms with van der Waals surface area (Å²) in [5.41, 5.74) is 0. The molecule has 0 spiro atoms. The molecule has 0 aromatic rings. The zero-order valence-electron chi connectivity index (χ0n) is 15.7. The van der Waals surface area contributed by atoms with Crippen LogP contribution in [0.25, 0.3) is 0 Å². The van der Waals surface area contributed by atoms with Gasteiger partial charge in [0.1, 0.15) is 0 Å². The van der Waals surface area contributed by atoms with Gasteiger partial charge < -0.3 is 9.47 Å². The summed E-state index contributed by atoms with van der Waals surface area (Å²) < 4.78 is 9.98. The fraction of sp³-hybridized carbons (Fsp3) is 0.429. The molecule has 0 aromatic carbocycles. The molecule has 0 saturated heterocycles. The van der Waals surface area contributed by atoms with Crippen molar-refractivity contribution in [2.75, 3.05) is 0 Å². The second kappa shape index (κ2) is 15.2. The van der Waals surface area contributed by atoms with Gasteiger partial charge in [0, 0.05) is 13.3 Å². The Labute approximate surface area is 151 Å². The molecule has 0 aliphatic carbocycles. The highest BCUT2D eigenvalue weighted by atomic mass is 16.7. The van der Waals surface area contributed by atoms with Gasteiger partial charge in [0.2, 0.25) is 6.29 Å². The van der Waals surface area contributed by atoms with Crippen molar-refractivity contribution >= 4 is 11.9 Å². The summed E-state index contributed by atoms with van der Waals surface area (Å²) in [7, 11) is 0. The number of rotatable bonds is 11. The van der Waals surface area contributed by atoms with Crippen LogP contribution in [0.3, 0.4) is 0 Å². The second-order valence-electron chi connectivity index (χ2n) is 5.61. The number of carbonyl (C=O) groups excluding carboxylic acids is 2. The largest absolute Gasteiger partial charge is 0.425 e. The van der Waals surface area contributed by atoms with Crippen LogP contribution >= 0.6 is 0 Å². The maximum atomic E-state index is 11.6. The molecular weight excluding hydrogens is 316 g/mol.